The fourth-order valence-electron chi connectivity index (χ4n) is 1.21. The minimum atomic E-state index is -0.293. The van der Waals surface area contributed by atoms with Crippen LogP contribution in [-0.4, -0.2) is 4.98 Å². The smallest absolute Gasteiger partial charge is 0.138 e. The molecule has 1 aromatic heterocycles. The molecule has 0 radical (unpaired) electrons. The maximum absolute atomic E-state index is 13.1. The van der Waals surface area contributed by atoms with Crippen LogP contribution in [0.2, 0.25) is 0 Å². The summed E-state index contributed by atoms with van der Waals surface area (Å²) < 4.78 is 13.5. The number of anilines is 1. The first-order valence-corrected chi connectivity index (χ1v) is 4.47. The molecule has 4 heteroatoms. The van der Waals surface area contributed by atoms with Gasteiger partial charge in [0.05, 0.1) is 4.47 Å². The van der Waals surface area contributed by atoms with Gasteiger partial charge in [-0.15, -0.1) is 0 Å². The van der Waals surface area contributed by atoms with Crippen molar-refractivity contribution in [1.82, 2.24) is 4.98 Å². The minimum absolute atomic E-state index is 0.293. The van der Waals surface area contributed by atoms with Crippen LogP contribution in [0.4, 0.5) is 10.2 Å². The lowest BCUT2D eigenvalue weighted by molar-refractivity contribution is 0.623. The van der Waals surface area contributed by atoms with Crippen molar-refractivity contribution in [3.63, 3.8) is 0 Å². The van der Waals surface area contributed by atoms with Crippen LogP contribution in [0.15, 0.2) is 28.9 Å². The van der Waals surface area contributed by atoms with E-state index in [1.165, 1.54) is 6.07 Å². The Labute approximate surface area is 82.7 Å². The molecule has 0 fully saturated rings. The minimum Gasteiger partial charge on any atom is -0.383 e. The van der Waals surface area contributed by atoms with Crippen LogP contribution in [0, 0.1) is 5.82 Å². The van der Waals surface area contributed by atoms with E-state index in [0.717, 1.165) is 10.8 Å². The van der Waals surface area contributed by atoms with Crippen LogP contribution >= 0.6 is 15.9 Å². The first-order chi connectivity index (χ1) is 6.20. The predicted octanol–water partition coefficient (Wildman–Crippen LogP) is 2.72. The van der Waals surface area contributed by atoms with Crippen LogP contribution < -0.4 is 5.73 Å². The van der Waals surface area contributed by atoms with Crippen molar-refractivity contribution in [2.75, 3.05) is 5.73 Å². The second kappa shape index (κ2) is 2.96. The van der Waals surface area contributed by atoms with Crippen LogP contribution in [0.25, 0.3) is 10.8 Å². The lowest BCUT2D eigenvalue weighted by Gasteiger charge is -2.02. The SMILES string of the molecule is Nc1nccc2c(Br)c(F)ccc12. The summed E-state index contributed by atoms with van der Waals surface area (Å²) in [4.78, 5) is 3.91. The molecule has 1 heterocycles. The Kier molecular flexibility index (Phi) is 1.92. The van der Waals surface area contributed by atoms with Crippen molar-refractivity contribution in [3.05, 3.63) is 34.7 Å². The Hall–Kier alpha value is -1.16. The summed E-state index contributed by atoms with van der Waals surface area (Å²) in [6.07, 6.45) is 1.56. The second-order valence-electron chi connectivity index (χ2n) is 2.65. The number of hydrogen-bond acceptors (Lipinski definition) is 2. The van der Waals surface area contributed by atoms with E-state index in [2.05, 4.69) is 20.9 Å². The van der Waals surface area contributed by atoms with Gasteiger partial charge in [-0.25, -0.2) is 9.37 Å². The van der Waals surface area contributed by atoms with Crippen molar-refractivity contribution in [2.45, 2.75) is 0 Å². The van der Waals surface area contributed by atoms with Crippen molar-refractivity contribution < 1.29 is 4.39 Å². The fraction of sp³-hybridized carbons (Fsp3) is 0. The van der Waals surface area contributed by atoms with Gasteiger partial charge in [-0.05, 0) is 34.1 Å². The Bertz CT molecular complexity index is 470. The zero-order valence-electron chi connectivity index (χ0n) is 6.59. The lowest BCUT2D eigenvalue weighted by Crippen LogP contribution is -1.91. The maximum Gasteiger partial charge on any atom is 0.138 e. The molecule has 0 saturated heterocycles. The van der Waals surface area contributed by atoms with E-state index in [4.69, 9.17) is 5.73 Å². The number of nitrogen functional groups attached to an aromatic ring is 1. The summed E-state index contributed by atoms with van der Waals surface area (Å²) in [6.45, 7) is 0. The summed E-state index contributed by atoms with van der Waals surface area (Å²) >= 11 is 3.16. The highest BCUT2D eigenvalue weighted by molar-refractivity contribution is 9.10. The number of fused-ring (bicyclic) bond motifs is 1. The number of rotatable bonds is 0. The molecule has 13 heavy (non-hydrogen) atoms. The number of hydrogen-bond donors (Lipinski definition) is 1. The van der Waals surface area contributed by atoms with Crippen LogP contribution in [0.3, 0.4) is 0 Å². The summed E-state index contributed by atoms with van der Waals surface area (Å²) in [7, 11) is 0. The summed E-state index contributed by atoms with van der Waals surface area (Å²) in [5.74, 6) is 0.122. The number of nitrogens with zero attached hydrogens (tertiary/aromatic N) is 1. The molecule has 0 aliphatic heterocycles. The highest BCUT2D eigenvalue weighted by atomic mass is 79.9. The molecule has 0 aliphatic rings. The van der Waals surface area contributed by atoms with Gasteiger partial charge in [-0.1, -0.05) is 0 Å². The largest absolute Gasteiger partial charge is 0.383 e. The highest BCUT2D eigenvalue weighted by Crippen LogP contribution is 2.28. The van der Waals surface area contributed by atoms with E-state index in [-0.39, 0.29) is 5.82 Å². The van der Waals surface area contributed by atoms with Gasteiger partial charge in [0, 0.05) is 17.0 Å². The van der Waals surface area contributed by atoms with Gasteiger partial charge in [-0.2, -0.15) is 0 Å². The van der Waals surface area contributed by atoms with Gasteiger partial charge < -0.3 is 5.73 Å². The van der Waals surface area contributed by atoms with Crippen molar-refractivity contribution >= 4 is 32.5 Å². The van der Waals surface area contributed by atoms with Crippen LogP contribution in [-0.2, 0) is 0 Å². The van der Waals surface area contributed by atoms with Crippen molar-refractivity contribution in [2.24, 2.45) is 0 Å². The average molecular weight is 241 g/mol. The number of halogens is 2. The number of aromatic nitrogens is 1. The Balaban J connectivity index is 2.94. The first-order valence-electron chi connectivity index (χ1n) is 3.68. The van der Waals surface area contributed by atoms with Gasteiger partial charge in [0.2, 0.25) is 0 Å². The van der Waals surface area contributed by atoms with Crippen LogP contribution in [0.5, 0.6) is 0 Å². The van der Waals surface area contributed by atoms with E-state index < -0.39 is 0 Å². The number of nitrogens with two attached hydrogens (primary N) is 1. The van der Waals surface area contributed by atoms with Gasteiger partial charge in [0.1, 0.15) is 11.6 Å². The molecule has 2 aromatic rings. The lowest BCUT2D eigenvalue weighted by atomic mass is 10.1. The van der Waals surface area contributed by atoms with Gasteiger partial charge in [-0.3, -0.25) is 0 Å². The molecule has 0 spiro atoms. The van der Waals surface area contributed by atoms with E-state index >= 15 is 0 Å². The third-order valence-corrected chi connectivity index (χ3v) is 2.67. The zero-order valence-corrected chi connectivity index (χ0v) is 8.18. The van der Waals surface area contributed by atoms with Crippen molar-refractivity contribution in [3.8, 4) is 0 Å². The normalized spacial score (nSPS) is 10.6. The predicted molar refractivity (Wildman–Crippen MR) is 53.8 cm³/mol. The van der Waals surface area contributed by atoms with Gasteiger partial charge in [0.25, 0.3) is 0 Å². The maximum atomic E-state index is 13.1. The summed E-state index contributed by atoms with van der Waals surface area (Å²) in [5, 5.41) is 1.50. The summed E-state index contributed by atoms with van der Waals surface area (Å²) in [6, 6.07) is 4.71. The molecule has 0 unspecified atom stereocenters. The molecule has 1 aromatic carbocycles. The molecule has 66 valence electrons. The molecule has 2 rings (SSSR count). The Morgan fingerprint density at radius 2 is 2.00 bits per heavy atom. The second-order valence-corrected chi connectivity index (χ2v) is 3.45. The van der Waals surface area contributed by atoms with Gasteiger partial charge in [0.15, 0.2) is 0 Å². The first kappa shape index (κ1) is 8.44. The van der Waals surface area contributed by atoms with E-state index in [9.17, 15) is 4.39 Å². The monoisotopic (exact) mass is 240 g/mol. The topological polar surface area (TPSA) is 38.9 Å². The van der Waals surface area contributed by atoms with Crippen molar-refractivity contribution in [1.29, 1.82) is 0 Å². The fourth-order valence-corrected chi connectivity index (χ4v) is 1.69. The third kappa shape index (κ3) is 1.27. The molecule has 0 amide bonds. The molecular weight excluding hydrogens is 235 g/mol. The quantitative estimate of drug-likeness (QED) is 0.770. The third-order valence-electron chi connectivity index (χ3n) is 1.86. The molecule has 0 aliphatic carbocycles. The molecule has 2 nitrogen and oxygen atoms in total. The number of pyridine rings is 1. The average Bonchev–Trinajstić information content (AvgIpc) is 2.12. The van der Waals surface area contributed by atoms with E-state index in [1.807, 2.05) is 0 Å². The van der Waals surface area contributed by atoms with Gasteiger partial charge >= 0.3 is 0 Å². The molecule has 0 atom stereocenters. The highest BCUT2D eigenvalue weighted by Gasteiger charge is 2.06. The van der Waals surface area contributed by atoms with E-state index in [0.29, 0.717) is 10.3 Å². The zero-order chi connectivity index (χ0) is 9.42. The molecular formula is C9H6BrFN2. The molecule has 0 bridgehead atoms. The summed E-state index contributed by atoms with van der Waals surface area (Å²) in [5.41, 5.74) is 5.62. The Morgan fingerprint density at radius 1 is 1.23 bits per heavy atom. The Morgan fingerprint density at radius 3 is 2.77 bits per heavy atom. The van der Waals surface area contributed by atoms with E-state index in [1.54, 1.807) is 18.3 Å². The standard InChI is InChI=1S/C9H6BrFN2/c10-8-5-3-4-13-9(12)6(5)1-2-7(8)11/h1-4H,(H2,12,13). The van der Waals surface area contributed by atoms with Crippen LogP contribution in [0.1, 0.15) is 0 Å². The molecule has 2 N–H and O–H groups in total. The number of benzene rings is 1. The molecule has 0 saturated carbocycles.